The molecule has 2 rings (SSSR count). The Labute approximate surface area is 99.4 Å². The number of alkyl halides is 2. The molecule has 1 aromatic rings. The van der Waals surface area contributed by atoms with Gasteiger partial charge in [-0.15, -0.1) is 0 Å². The van der Waals surface area contributed by atoms with Crippen molar-refractivity contribution >= 4 is 5.82 Å². The molecule has 0 spiro atoms. The van der Waals surface area contributed by atoms with Gasteiger partial charge in [0.15, 0.2) is 11.9 Å². The highest BCUT2D eigenvalue weighted by Crippen LogP contribution is 2.39. The van der Waals surface area contributed by atoms with Crippen molar-refractivity contribution in [1.82, 2.24) is 4.98 Å². The highest BCUT2D eigenvalue weighted by Gasteiger charge is 2.62. The van der Waals surface area contributed by atoms with Gasteiger partial charge >= 0.3 is 11.6 Å². The second-order valence-electron chi connectivity index (χ2n) is 3.94. The summed E-state index contributed by atoms with van der Waals surface area (Å²) in [6, 6.07) is 1.21. The van der Waals surface area contributed by atoms with Crippen molar-refractivity contribution in [1.29, 1.82) is 0 Å². The lowest BCUT2D eigenvalue weighted by molar-refractivity contribution is -0.789. The summed E-state index contributed by atoms with van der Waals surface area (Å²) in [6.07, 6.45) is -4.60. The van der Waals surface area contributed by atoms with Crippen LogP contribution in [-0.4, -0.2) is 39.9 Å². The molecule has 100 valence electrons. The third-order valence-electron chi connectivity index (χ3n) is 2.71. The predicted octanol–water partition coefficient (Wildman–Crippen LogP) is -1.87. The standard InChI is InChI=1S/C9H11F2N3O4/c10-9(11)6(16)4(3-15)18-7(9)14-2-1-5(12)13-8(14)17/h1-2,4,6-7,15-16H,3H2,(H2,12,13,17)/p+1/t4-,6-,7-/m0/s1. The van der Waals surface area contributed by atoms with Crippen LogP contribution in [0.25, 0.3) is 0 Å². The van der Waals surface area contributed by atoms with E-state index < -0.39 is 36.7 Å². The smallest absolute Gasteiger partial charge is 0.394 e. The molecule has 0 aliphatic carbocycles. The molecule has 0 amide bonds. The number of hydrogen-bond acceptors (Lipinski definition) is 5. The Morgan fingerprint density at radius 1 is 1.61 bits per heavy atom. The SMILES string of the molecule is Nc1cc[n+]([C@H]2O[C@@H](CO)[C@H](O)C2(F)F)c(=O)[nH]1. The van der Waals surface area contributed by atoms with Crippen molar-refractivity contribution in [2.45, 2.75) is 24.4 Å². The summed E-state index contributed by atoms with van der Waals surface area (Å²) in [4.78, 5) is 13.6. The highest BCUT2D eigenvalue weighted by atomic mass is 19.3. The Balaban J connectivity index is 2.42. The van der Waals surface area contributed by atoms with Crippen LogP contribution in [0.4, 0.5) is 14.6 Å². The molecule has 0 aromatic carbocycles. The van der Waals surface area contributed by atoms with E-state index in [1.165, 1.54) is 6.07 Å². The van der Waals surface area contributed by atoms with Gasteiger partial charge in [-0.25, -0.2) is 0 Å². The van der Waals surface area contributed by atoms with E-state index in [0.29, 0.717) is 4.57 Å². The van der Waals surface area contributed by atoms with E-state index in [4.69, 9.17) is 15.6 Å². The first-order valence-corrected chi connectivity index (χ1v) is 5.10. The molecule has 2 heterocycles. The Morgan fingerprint density at radius 2 is 2.28 bits per heavy atom. The van der Waals surface area contributed by atoms with E-state index >= 15 is 0 Å². The van der Waals surface area contributed by atoms with Gasteiger partial charge in [-0.3, -0.25) is 0 Å². The number of halogens is 2. The topological polar surface area (TPSA) is 112 Å². The van der Waals surface area contributed by atoms with E-state index in [-0.39, 0.29) is 5.82 Å². The number of rotatable bonds is 2. The molecule has 1 aromatic heterocycles. The third kappa shape index (κ3) is 1.85. The Bertz CT molecular complexity index is 507. The number of nitrogens with two attached hydrogens (primary N) is 1. The fourth-order valence-corrected chi connectivity index (χ4v) is 1.76. The van der Waals surface area contributed by atoms with Crippen LogP contribution in [0.3, 0.4) is 0 Å². The van der Waals surface area contributed by atoms with Gasteiger partial charge in [0.1, 0.15) is 12.3 Å². The quantitative estimate of drug-likeness (QED) is 0.467. The molecule has 1 saturated heterocycles. The molecule has 1 fully saturated rings. The van der Waals surface area contributed by atoms with E-state index in [2.05, 4.69) is 4.98 Å². The molecular formula is C9H12F2N3O4+. The molecule has 0 radical (unpaired) electrons. The van der Waals surface area contributed by atoms with Gasteiger partial charge in [-0.05, 0) is 0 Å². The molecule has 1 aliphatic heterocycles. The number of aromatic nitrogens is 2. The van der Waals surface area contributed by atoms with Crippen molar-refractivity contribution in [3.8, 4) is 0 Å². The first-order valence-electron chi connectivity index (χ1n) is 5.10. The van der Waals surface area contributed by atoms with Crippen LogP contribution in [-0.2, 0) is 4.74 Å². The van der Waals surface area contributed by atoms with Crippen LogP contribution in [0.5, 0.6) is 0 Å². The van der Waals surface area contributed by atoms with E-state index in [1.54, 1.807) is 0 Å². The van der Waals surface area contributed by atoms with Crippen LogP contribution in [0.2, 0.25) is 0 Å². The van der Waals surface area contributed by atoms with Gasteiger partial charge < -0.3 is 20.7 Å². The number of H-pyrrole nitrogens is 1. The minimum Gasteiger partial charge on any atom is -0.394 e. The molecular weight excluding hydrogens is 252 g/mol. The second-order valence-corrected chi connectivity index (χ2v) is 3.94. The summed E-state index contributed by atoms with van der Waals surface area (Å²) >= 11 is 0. The molecule has 7 nitrogen and oxygen atoms in total. The summed E-state index contributed by atoms with van der Waals surface area (Å²) in [5.41, 5.74) is 4.39. The first-order chi connectivity index (χ1) is 8.37. The molecule has 5 N–H and O–H groups in total. The maximum absolute atomic E-state index is 13.7. The number of aromatic amines is 1. The lowest BCUT2D eigenvalue weighted by Gasteiger charge is -2.16. The van der Waals surface area contributed by atoms with Crippen LogP contribution in [0.1, 0.15) is 6.23 Å². The van der Waals surface area contributed by atoms with E-state index in [1.807, 2.05) is 0 Å². The average molecular weight is 264 g/mol. The number of nitrogen functional groups attached to an aromatic ring is 1. The summed E-state index contributed by atoms with van der Waals surface area (Å²) in [5, 5.41) is 18.1. The molecule has 3 atom stereocenters. The van der Waals surface area contributed by atoms with E-state index in [0.717, 1.165) is 6.20 Å². The van der Waals surface area contributed by atoms with Crippen molar-refractivity contribution in [2.24, 2.45) is 0 Å². The third-order valence-corrected chi connectivity index (χ3v) is 2.71. The molecule has 0 saturated carbocycles. The van der Waals surface area contributed by atoms with Crippen LogP contribution >= 0.6 is 0 Å². The number of hydrogen-bond donors (Lipinski definition) is 4. The second kappa shape index (κ2) is 4.26. The van der Waals surface area contributed by atoms with Crippen LogP contribution < -0.4 is 16.0 Å². The summed E-state index contributed by atoms with van der Waals surface area (Å²) in [6.45, 7) is -0.777. The fraction of sp³-hybridized carbons (Fsp3) is 0.556. The zero-order chi connectivity index (χ0) is 13.5. The number of nitrogens with zero attached hydrogens (tertiary/aromatic N) is 1. The van der Waals surface area contributed by atoms with Gasteiger partial charge in [-0.2, -0.15) is 23.1 Å². The van der Waals surface area contributed by atoms with Crippen molar-refractivity contribution in [3.63, 3.8) is 0 Å². The maximum Gasteiger partial charge on any atom is 0.499 e. The number of aliphatic hydroxyl groups is 2. The van der Waals surface area contributed by atoms with Crippen molar-refractivity contribution in [2.75, 3.05) is 12.3 Å². The number of anilines is 1. The number of aliphatic hydroxyl groups excluding tert-OH is 2. The van der Waals surface area contributed by atoms with Gasteiger partial charge in [0, 0.05) is 6.07 Å². The molecule has 18 heavy (non-hydrogen) atoms. The number of ether oxygens (including phenoxy) is 1. The maximum atomic E-state index is 13.7. The van der Waals surface area contributed by atoms with Crippen LogP contribution in [0, 0.1) is 0 Å². The van der Waals surface area contributed by atoms with Crippen molar-refractivity contribution in [3.05, 3.63) is 22.7 Å². The molecule has 0 unspecified atom stereocenters. The summed E-state index contributed by atoms with van der Waals surface area (Å²) in [7, 11) is 0. The molecule has 9 heteroatoms. The number of nitrogens with one attached hydrogen (secondary N) is 1. The van der Waals surface area contributed by atoms with Gasteiger partial charge in [-0.1, -0.05) is 0 Å². The highest BCUT2D eigenvalue weighted by molar-refractivity contribution is 5.21. The van der Waals surface area contributed by atoms with Crippen LogP contribution in [0.15, 0.2) is 17.1 Å². The van der Waals surface area contributed by atoms with Gasteiger partial charge in [0.25, 0.3) is 6.23 Å². The van der Waals surface area contributed by atoms with Gasteiger partial charge in [0.2, 0.25) is 0 Å². The fourth-order valence-electron chi connectivity index (χ4n) is 1.76. The van der Waals surface area contributed by atoms with E-state index in [9.17, 15) is 18.7 Å². The van der Waals surface area contributed by atoms with Gasteiger partial charge in [0.05, 0.1) is 6.61 Å². The molecule has 1 aliphatic rings. The predicted molar refractivity (Wildman–Crippen MR) is 53.6 cm³/mol. The Hall–Kier alpha value is -1.58. The zero-order valence-electron chi connectivity index (χ0n) is 9.09. The lowest BCUT2D eigenvalue weighted by atomic mass is 10.1. The Kier molecular flexibility index (Phi) is 3.05. The zero-order valence-corrected chi connectivity index (χ0v) is 9.09. The first kappa shape index (κ1) is 12.9. The minimum absolute atomic E-state index is 0.0109. The monoisotopic (exact) mass is 264 g/mol. The average Bonchev–Trinajstić information content (AvgIpc) is 2.52. The summed E-state index contributed by atoms with van der Waals surface area (Å²) < 4.78 is 32.8. The summed E-state index contributed by atoms with van der Waals surface area (Å²) in [5.74, 6) is -3.68. The Morgan fingerprint density at radius 3 is 2.78 bits per heavy atom. The minimum atomic E-state index is -3.69. The normalized spacial score (nSPS) is 30.6. The molecule has 0 bridgehead atoms. The lowest BCUT2D eigenvalue weighted by Crippen LogP contribution is -2.60. The largest absolute Gasteiger partial charge is 0.499 e. The van der Waals surface area contributed by atoms with Crippen molar-refractivity contribution < 1.29 is 28.3 Å².